The molecule has 0 bridgehead atoms. The molecule has 0 saturated carbocycles. The molecule has 5 heteroatoms. The summed E-state index contributed by atoms with van der Waals surface area (Å²) in [4.78, 5) is 9.08. The zero-order chi connectivity index (χ0) is 16.9. The van der Waals surface area contributed by atoms with Crippen LogP contribution in [0.15, 0.2) is 60.9 Å². The van der Waals surface area contributed by atoms with E-state index in [9.17, 15) is 0 Å². The van der Waals surface area contributed by atoms with Crippen molar-refractivity contribution in [3.8, 4) is 0 Å². The lowest BCUT2D eigenvalue weighted by molar-refractivity contribution is 0.874. The van der Waals surface area contributed by atoms with E-state index in [4.69, 9.17) is 11.1 Å². The Morgan fingerprint density at radius 2 is 1.96 bits per heavy atom. The highest BCUT2D eigenvalue weighted by molar-refractivity contribution is 6.08. The second kappa shape index (κ2) is 6.91. The van der Waals surface area contributed by atoms with Crippen molar-refractivity contribution in [3.63, 3.8) is 0 Å². The minimum Gasteiger partial charge on any atom is -0.404 e. The summed E-state index contributed by atoms with van der Waals surface area (Å²) in [5.41, 5.74) is 9.80. The topological polar surface area (TPSA) is 87.7 Å². The fourth-order valence-corrected chi connectivity index (χ4v) is 2.53. The van der Waals surface area contributed by atoms with Crippen LogP contribution in [0.1, 0.15) is 24.1 Å². The molecule has 0 spiro atoms. The largest absolute Gasteiger partial charge is 0.404 e. The van der Waals surface area contributed by atoms with Crippen molar-refractivity contribution in [2.24, 2.45) is 5.73 Å². The number of nitrogens with zero attached hydrogens (tertiary/aromatic N) is 2. The molecule has 0 amide bonds. The SMILES string of the molecule is CC(Nc1cnc2cc(/C(C=N)=C/N)ccc2n1)c1ccccc1. The number of nitrogens with one attached hydrogen (secondary N) is 2. The predicted octanol–water partition coefficient (Wildman–Crippen LogP) is 3.75. The van der Waals surface area contributed by atoms with E-state index in [1.165, 1.54) is 18.0 Å². The summed E-state index contributed by atoms with van der Waals surface area (Å²) in [6, 6.07) is 16.0. The van der Waals surface area contributed by atoms with E-state index in [-0.39, 0.29) is 6.04 Å². The Bertz CT molecular complexity index is 887. The second-order valence-electron chi connectivity index (χ2n) is 5.50. The summed E-state index contributed by atoms with van der Waals surface area (Å²) in [5, 5.41) is 10.7. The van der Waals surface area contributed by atoms with E-state index in [0.29, 0.717) is 5.57 Å². The highest BCUT2D eigenvalue weighted by Crippen LogP contribution is 2.21. The Hall–Kier alpha value is -3.21. The smallest absolute Gasteiger partial charge is 0.145 e. The molecule has 0 aliphatic carbocycles. The minimum atomic E-state index is 0.141. The molecular weight excluding hydrogens is 298 g/mol. The molecule has 2 aromatic carbocycles. The van der Waals surface area contributed by atoms with Crippen molar-refractivity contribution in [2.45, 2.75) is 13.0 Å². The molecule has 0 aliphatic heterocycles. The Morgan fingerprint density at radius 3 is 2.67 bits per heavy atom. The lowest BCUT2D eigenvalue weighted by Crippen LogP contribution is -2.08. The van der Waals surface area contributed by atoms with E-state index in [2.05, 4.69) is 34.3 Å². The molecule has 4 N–H and O–H groups in total. The van der Waals surface area contributed by atoms with Crippen LogP contribution in [0.3, 0.4) is 0 Å². The molecule has 3 rings (SSSR count). The van der Waals surface area contributed by atoms with Crippen LogP contribution in [-0.2, 0) is 0 Å². The van der Waals surface area contributed by atoms with Gasteiger partial charge in [-0.05, 0) is 30.2 Å². The van der Waals surface area contributed by atoms with Crippen molar-refractivity contribution < 1.29 is 0 Å². The summed E-state index contributed by atoms with van der Waals surface area (Å²) in [6.07, 6.45) is 4.37. The van der Waals surface area contributed by atoms with Crippen LogP contribution in [0.5, 0.6) is 0 Å². The summed E-state index contributed by atoms with van der Waals surface area (Å²) in [6.45, 7) is 2.09. The van der Waals surface area contributed by atoms with Gasteiger partial charge in [-0.15, -0.1) is 0 Å². The Kier molecular flexibility index (Phi) is 4.52. The third-order valence-corrected chi connectivity index (χ3v) is 3.87. The summed E-state index contributed by atoms with van der Waals surface area (Å²) >= 11 is 0. The maximum absolute atomic E-state index is 7.38. The van der Waals surface area contributed by atoms with Crippen molar-refractivity contribution in [3.05, 3.63) is 72.1 Å². The first-order valence-electron chi connectivity index (χ1n) is 7.72. The Labute approximate surface area is 140 Å². The van der Waals surface area contributed by atoms with Crippen molar-refractivity contribution in [1.29, 1.82) is 5.41 Å². The maximum atomic E-state index is 7.38. The molecule has 1 heterocycles. The van der Waals surface area contributed by atoms with Gasteiger partial charge < -0.3 is 16.5 Å². The van der Waals surface area contributed by atoms with Crippen LogP contribution in [-0.4, -0.2) is 16.2 Å². The first-order chi connectivity index (χ1) is 11.7. The normalized spacial score (nSPS) is 12.8. The number of hydrogen-bond donors (Lipinski definition) is 3. The van der Waals surface area contributed by atoms with Crippen LogP contribution in [0.2, 0.25) is 0 Å². The van der Waals surface area contributed by atoms with Gasteiger partial charge in [-0.3, -0.25) is 4.98 Å². The number of anilines is 1. The third-order valence-electron chi connectivity index (χ3n) is 3.87. The lowest BCUT2D eigenvalue weighted by atomic mass is 10.1. The molecule has 5 nitrogen and oxygen atoms in total. The number of hydrogen-bond acceptors (Lipinski definition) is 5. The second-order valence-corrected chi connectivity index (χ2v) is 5.50. The van der Waals surface area contributed by atoms with Crippen molar-refractivity contribution >= 4 is 28.6 Å². The molecule has 0 fully saturated rings. The molecule has 1 atom stereocenters. The maximum Gasteiger partial charge on any atom is 0.145 e. The zero-order valence-electron chi connectivity index (χ0n) is 13.4. The molecule has 1 aromatic heterocycles. The monoisotopic (exact) mass is 317 g/mol. The van der Waals surface area contributed by atoms with Crippen LogP contribution < -0.4 is 11.1 Å². The number of fused-ring (bicyclic) bond motifs is 1. The van der Waals surface area contributed by atoms with Crippen LogP contribution in [0, 0.1) is 5.41 Å². The van der Waals surface area contributed by atoms with Gasteiger partial charge in [0.25, 0.3) is 0 Å². The van der Waals surface area contributed by atoms with Gasteiger partial charge in [-0.1, -0.05) is 36.4 Å². The Balaban J connectivity index is 1.87. The van der Waals surface area contributed by atoms with E-state index in [0.717, 1.165) is 22.4 Å². The lowest BCUT2D eigenvalue weighted by Gasteiger charge is -2.15. The van der Waals surface area contributed by atoms with Crippen LogP contribution in [0.4, 0.5) is 5.82 Å². The molecule has 3 aromatic rings. The highest BCUT2D eigenvalue weighted by atomic mass is 15.0. The fourth-order valence-electron chi connectivity index (χ4n) is 2.53. The zero-order valence-corrected chi connectivity index (χ0v) is 13.4. The number of nitrogens with two attached hydrogens (primary N) is 1. The van der Waals surface area contributed by atoms with Gasteiger partial charge in [0, 0.05) is 24.0 Å². The van der Waals surface area contributed by atoms with Crippen molar-refractivity contribution in [1.82, 2.24) is 9.97 Å². The molecule has 0 saturated heterocycles. The quantitative estimate of drug-likeness (QED) is 0.625. The van der Waals surface area contributed by atoms with E-state index >= 15 is 0 Å². The average molecular weight is 317 g/mol. The number of benzene rings is 2. The van der Waals surface area contributed by atoms with Gasteiger partial charge >= 0.3 is 0 Å². The highest BCUT2D eigenvalue weighted by Gasteiger charge is 2.07. The van der Waals surface area contributed by atoms with Gasteiger partial charge in [-0.2, -0.15) is 0 Å². The Morgan fingerprint density at radius 1 is 1.17 bits per heavy atom. The third kappa shape index (κ3) is 3.25. The van der Waals surface area contributed by atoms with Gasteiger partial charge in [0.1, 0.15) is 5.82 Å². The first-order valence-corrected chi connectivity index (χ1v) is 7.72. The van der Waals surface area contributed by atoms with Gasteiger partial charge in [0.05, 0.1) is 17.2 Å². The van der Waals surface area contributed by atoms with Crippen LogP contribution >= 0.6 is 0 Å². The number of allylic oxidation sites excluding steroid dienone is 1. The molecule has 120 valence electrons. The van der Waals surface area contributed by atoms with E-state index < -0.39 is 0 Å². The molecule has 0 aliphatic rings. The van der Waals surface area contributed by atoms with Crippen molar-refractivity contribution in [2.75, 3.05) is 5.32 Å². The van der Waals surface area contributed by atoms with E-state index in [1.807, 2.05) is 36.4 Å². The summed E-state index contributed by atoms with van der Waals surface area (Å²) in [7, 11) is 0. The summed E-state index contributed by atoms with van der Waals surface area (Å²) in [5.74, 6) is 0.730. The fraction of sp³-hybridized carbons (Fsp3) is 0.105. The number of rotatable bonds is 5. The molecule has 24 heavy (non-hydrogen) atoms. The van der Waals surface area contributed by atoms with Gasteiger partial charge in [0.15, 0.2) is 0 Å². The predicted molar refractivity (Wildman–Crippen MR) is 99.0 cm³/mol. The number of aromatic nitrogens is 2. The van der Waals surface area contributed by atoms with E-state index in [1.54, 1.807) is 6.20 Å². The molecule has 0 radical (unpaired) electrons. The molecule has 1 unspecified atom stereocenters. The minimum absolute atomic E-state index is 0.141. The molecular formula is C19H19N5. The van der Waals surface area contributed by atoms with Gasteiger partial charge in [-0.25, -0.2) is 4.98 Å². The first kappa shape index (κ1) is 15.7. The summed E-state index contributed by atoms with van der Waals surface area (Å²) < 4.78 is 0. The van der Waals surface area contributed by atoms with Gasteiger partial charge in [0.2, 0.25) is 0 Å². The average Bonchev–Trinajstić information content (AvgIpc) is 2.63. The van der Waals surface area contributed by atoms with Crippen LogP contribution in [0.25, 0.3) is 16.6 Å². The standard InChI is InChI=1S/C19H19N5/c1-13(14-5-3-2-4-6-14)23-19-12-22-18-9-15(16(10-20)11-21)7-8-17(18)24-19/h2-13,20H,21H2,1H3,(H,23,24)/b16-11+,20-10?.